The van der Waals surface area contributed by atoms with Gasteiger partial charge in [0.25, 0.3) is 5.56 Å². The molecule has 0 saturated carbocycles. The minimum Gasteiger partial charge on any atom is -0.460 e. The van der Waals surface area contributed by atoms with Gasteiger partial charge in [-0.3, -0.25) is 9.78 Å². The van der Waals surface area contributed by atoms with Crippen molar-refractivity contribution in [2.45, 2.75) is 13.8 Å². The number of hydrogen-bond acceptors (Lipinski definition) is 4. The number of H-pyrrole nitrogens is 1. The Hall–Kier alpha value is -3.73. The number of aryl methyl sites for hydroxylation is 2. The maximum Gasteiger partial charge on any atom is 0.252 e. The van der Waals surface area contributed by atoms with Crippen molar-refractivity contribution < 1.29 is 4.42 Å². The summed E-state index contributed by atoms with van der Waals surface area (Å²) in [6.45, 7) is 3.70. The van der Waals surface area contributed by atoms with Crippen molar-refractivity contribution in [1.29, 1.82) is 0 Å². The average molecular weight is 367 g/mol. The molecule has 1 N–H and O–H groups in total. The monoisotopic (exact) mass is 367 g/mol. The number of pyridine rings is 3. The molecular weight excluding hydrogens is 350 g/mol. The first kappa shape index (κ1) is 16.4. The number of nitrogens with one attached hydrogen (secondary N) is 1. The predicted molar refractivity (Wildman–Crippen MR) is 110 cm³/mol. The first-order valence-corrected chi connectivity index (χ1v) is 9.05. The molecule has 5 nitrogen and oxygen atoms in total. The summed E-state index contributed by atoms with van der Waals surface area (Å²) < 4.78 is 5.86. The van der Waals surface area contributed by atoms with Crippen LogP contribution in [-0.4, -0.2) is 15.0 Å². The lowest BCUT2D eigenvalue weighted by Gasteiger charge is -2.11. The lowest BCUT2D eigenvalue weighted by molar-refractivity contribution is 0.547. The number of nitrogens with zero attached hydrogens (tertiary/aromatic N) is 2. The third kappa shape index (κ3) is 2.68. The maximum atomic E-state index is 12.1. The van der Waals surface area contributed by atoms with E-state index in [9.17, 15) is 4.79 Å². The van der Waals surface area contributed by atoms with Crippen LogP contribution in [0.1, 0.15) is 11.3 Å². The van der Waals surface area contributed by atoms with Gasteiger partial charge in [-0.15, -0.1) is 0 Å². The van der Waals surface area contributed by atoms with Gasteiger partial charge in [0.15, 0.2) is 5.76 Å². The summed E-state index contributed by atoms with van der Waals surface area (Å²) >= 11 is 0. The van der Waals surface area contributed by atoms with E-state index in [1.54, 1.807) is 13.1 Å². The Kier molecular flexibility index (Phi) is 3.62. The Labute approximate surface area is 160 Å². The SMILES string of the molecule is Cc1ccc(-c2nc3[nH]c(=O)c(C)cc3cc2-c2ccc3ncccc3c2)o1. The van der Waals surface area contributed by atoms with Gasteiger partial charge in [0, 0.05) is 28.1 Å². The Morgan fingerprint density at radius 1 is 0.964 bits per heavy atom. The van der Waals surface area contributed by atoms with Crippen molar-refractivity contribution in [3.8, 4) is 22.6 Å². The van der Waals surface area contributed by atoms with Gasteiger partial charge >= 0.3 is 0 Å². The molecule has 0 fully saturated rings. The highest BCUT2D eigenvalue weighted by Crippen LogP contribution is 2.35. The van der Waals surface area contributed by atoms with Crippen LogP contribution in [0.2, 0.25) is 0 Å². The van der Waals surface area contributed by atoms with Gasteiger partial charge in [-0.05, 0) is 61.9 Å². The van der Waals surface area contributed by atoms with E-state index >= 15 is 0 Å². The molecule has 0 aliphatic rings. The van der Waals surface area contributed by atoms with E-state index in [0.29, 0.717) is 22.7 Å². The first-order valence-electron chi connectivity index (χ1n) is 9.05. The number of furan rings is 1. The van der Waals surface area contributed by atoms with E-state index < -0.39 is 0 Å². The average Bonchev–Trinajstić information content (AvgIpc) is 3.14. The molecule has 136 valence electrons. The lowest BCUT2D eigenvalue weighted by Crippen LogP contribution is -2.09. The van der Waals surface area contributed by atoms with Crippen LogP contribution >= 0.6 is 0 Å². The second-order valence-electron chi connectivity index (χ2n) is 6.93. The number of aromatic amines is 1. The molecule has 0 spiro atoms. The highest BCUT2D eigenvalue weighted by molar-refractivity contribution is 5.92. The van der Waals surface area contributed by atoms with Crippen LogP contribution in [0.15, 0.2) is 70.0 Å². The Morgan fingerprint density at radius 3 is 2.68 bits per heavy atom. The summed E-state index contributed by atoms with van der Waals surface area (Å²) in [7, 11) is 0. The zero-order chi connectivity index (χ0) is 19.3. The summed E-state index contributed by atoms with van der Waals surface area (Å²) in [6.07, 6.45) is 1.79. The second-order valence-corrected chi connectivity index (χ2v) is 6.93. The van der Waals surface area contributed by atoms with Crippen LogP contribution in [0.3, 0.4) is 0 Å². The van der Waals surface area contributed by atoms with E-state index in [-0.39, 0.29) is 5.56 Å². The van der Waals surface area contributed by atoms with Crippen molar-refractivity contribution >= 4 is 21.9 Å². The molecule has 0 unspecified atom stereocenters. The van der Waals surface area contributed by atoms with Gasteiger partial charge in [0.2, 0.25) is 0 Å². The summed E-state index contributed by atoms with van der Waals surface area (Å²) in [5.41, 5.74) is 4.67. The molecule has 0 atom stereocenters. The molecule has 4 aromatic heterocycles. The third-order valence-electron chi connectivity index (χ3n) is 4.90. The van der Waals surface area contributed by atoms with Crippen LogP contribution in [0.5, 0.6) is 0 Å². The molecule has 28 heavy (non-hydrogen) atoms. The molecule has 0 bridgehead atoms. The van der Waals surface area contributed by atoms with Gasteiger partial charge < -0.3 is 9.40 Å². The largest absolute Gasteiger partial charge is 0.460 e. The fraction of sp³-hybridized carbons (Fsp3) is 0.0870. The molecule has 5 heteroatoms. The zero-order valence-corrected chi connectivity index (χ0v) is 15.5. The van der Waals surface area contributed by atoms with Crippen LogP contribution in [0.25, 0.3) is 44.5 Å². The minimum atomic E-state index is -0.133. The van der Waals surface area contributed by atoms with Gasteiger partial charge in [0.05, 0.1) is 5.52 Å². The number of fused-ring (bicyclic) bond motifs is 2. The molecule has 5 rings (SSSR count). The molecular formula is C23H17N3O2. The van der Waals surface area contributed by atoms with Crippen LogP contribution < -0.4 is 5.56 Å². The molecule has 0 radical (unpaired) electrons. The third-order valence-corrected chi connectivity index (χ3v) is 4.90. The van der Waals surface area contributed by atoms with Crippen molar-refractivity contribution in [3.05, 3.63) is 82.5 Å². The normalized spacial score (nSPS) is 11.4. The van der Waals surface area contributed by atoms with Crippen LogP contribution in [0.4, 0.5) is 0 Å². The number of benzene rings is 1. The van der Waals surface area contributed by atoms with E-state index in [0.717, 1.165) is 33.2 Å². The van der Waals surface area contributed by atoms with Crippen LogP contribution in [-0.2, 0) is 0 Å². The molecule has 1 aromatic carbocycles. The quantitative estimate of drug-likeness (QED) is 0.476. The Balaban J connectivity index is 1.83. The topological polar surface area (TPSA) is 71.8 Å². The summed E-state index contributed by atoms with van der Waals surface area (Å²) in [6, 6.07) is 17.8. The highest BCUT2D eigenvalue weighted by atomic mass is 16.3. The van der Waals surface area contributed by atoms with Crippen molar-refractivity contribution in [3.63, 3.8) is 0 Å². The van der Waals surface area contributed by atoms with E-state index in [4.69, 9.17) is 9.40 Å². The molecule has 0 saturated heterocycles. The van der Waals surface area contributed by atoms with Gasteiger partial charge in [0.1, 0.15) is 17.1 Å². The predicted octanol–water partition coefficient (Wildman–Crippen LogP) is 5.02. The maximum absolute atomic E-state index is 12.1. The zero-order valence-electron chi connectivity index (χ0n) is 15.5. The highest BCUT2D eigenvalue weighted by Gasteiger charge is 2.15. The van der Waals surface area contributed by atoms with Gasteiger partial charge in [-0.1, -0.05) is 12.1 Å². The fourth-order valence-electron chi connectivity index (χ4n) is 3.46. The molecule has 0 aliphatic carbocycles. The first-order chi connectivity index (χ1) is 13.6. The van der Waals surface area contributed by atoms with E-state index in [2.05, 4.69) is 22.1 Å². The van der Waals surface area contributed by atoms with Gasteiger partial charge in [-0.25, -0.2) is 4.98 Å². The van der Waals surface area contributed by atoms with Crippen molar-refractivity contribution in [2.75, 3.05) is 0 Å². The van der Waals surface area contributed by atoms with Crippen LogP contribution in [0, 0.1) is 13.8 Å². The van der Waals surface area contributed by atoms with Gasteiger partial charge in [-0.2, -0.15) is 0 Å². The summed E-state index contributed by atoms with van der Waals surface area (Å²) in [5, 5.41) is 1.93. The standard InChI is InChI=1S/C23H17N3O2/c1-13-10-17-12-18(15-6-7-19-16(11-15)4-3-9-24-19)21(20-8-5-14(2)28-20)25-22(17)26-23(13)27/h3-12H,1-2H3,(H,25,26,27). The molecule has 0 amide bonds. The summed E-state index contributed by atoms with van der Waals surface area (Å²) in [5.74, 6) is 1.48. The fourth-order valence-corrected chi connectivity index (χ4v) is 3.46. The smallest absolute Gasteiger partial charge is 0.252 e. The second kappa shape index (κ2) is 6.16. The summed E-state index contributed by atoms with van der Waals surface area (Å²) in [4.78, 5) is 24.1. The van der Waals surface area contributed by atoms with Crippen molar-refractivity contribution in [1.82, 2.24) is 15.0 Å². The minimum absolute atomic E-state index is 0.133. The molecule has 5 aromatic rings. The number of hydrogen-bond donors (Lipinski definition) is 1. The Bertz CT molecular complexity index is 1410. The molecule has 0 aliphatic heterocycles. The van der Waals surface area contributed by atoms with E-state index in [1.807, 2.05) is 49.4 Å². The van der Waals surface area contributed by atoms with Crippen molar-refractivity contribution in [2.24, 2.45) is 0 Å². The number of aromatic nitrogens is 3. The van der Waals surface area contributed by atoms with E-state index in [1.165, 1.54) is 0 Å². The Morgan fingerprint density at radius 2 is 1.86 bits per heavy atom. The number of rotatable bonds is 2. The lowest BCUT2D eigenvalue weighted by atomic mass is 9.99. The molecule has 4 heterocycles.